The zero-order chi connectivity index (χ0) is 17.7. The zero-order valence-corrected chi connectivity index (χ0v) is 15.9. The van der Waals surface area contributed by atoms with E-state index in [2.05, 4.69) is 21.2 Å². The van der Waals surface area contributed by atoms with E-state index >= 15 is 0 Å². The van der Waals surface area contributed by atoms with Gasteiger partial charge in [-0.05, 0) is 48.2 Å². The number of ether oxygens (including phenoxy) is 2. The molecule has 0 aliphatic carbocycles. The monoisotopic (exact) mass is 391 g/mol. The molecule has 2 aromatic rings. The number of rotatable bonds is 6. The molecule has 1 amide bonds. The predicted molar refractivity (Wildman–Crippen MR) is 100 cm³/mol. The van der Waals surface area contributed by atoms with Crippen LogP contribution in [0.15, 0.2) is 40.9 Å². The van der Waals surface area contributed by atoms with Crippen molar-refractivity contribution in [1.82, 2.24) is 0 Å². The first-order valence-electron chi connectivity index (χ1n) is 7.72. The Bertz CT molecular complexity index is 731. The summed E-state index contributed by atoms with van der Waals surface area (Å²) in [5.74, 6) is 1.47. The van der Waals surface area contributed by atoms with Gasteiger partial charge in [0.2, 0.25) is 5.91 Å². The van der Waals surface area contributed by atoms with Crippen molar-refractivity contribution < 1.29 is 14.3 Å². The van der Waals surface area contributed by atoms with Gasteiger partial charge in [0.05, 0.1) is 14.2 Å². The molecule has 5 heteroatoms. The lowest BCUT2D eigenvalue weighted by molar-refractivity contribution is -0.116. The van der Waals surface area contributed by atoms with E-state index in [1.165, 1.54) is 0 Å². The molecular formula is C19H22BrNO3. The molecule has 128 valence electrons. The second-order valence-electron chi connectivity index (χ2n) is 5.73. The number of benzene rings is 2. The van der Waals surface area contributed by atoms with E-state index < -0.39 is 0 Å². The van der Waals surface area contributed by atoms with Gasteiger partial charge < -0.3 is 14.8 Å². The number of hydrogen-bond donors (Lipinski definition) is 1. The van der Waals surface area contributed by atoms with Crippen molar-refractivity contribution in [3.8, 4) is 11.5 Å². The molecular weight excluding hydrogens is 370 g/mol. The fourth-order valence-electron chi connectivity index (χ4n) is 2.55. The lowest BCUT2D eigenvalue weighted by Gasteiger charge is -2.16. The molecule has 0 heterocycles. The summed E-state index contributed by atoms with van der Waals surface area (Å²) in [4.78, 5) is 12.3. The largest absolute Gasteiger partial charge is 0.497 e. The second kappa shape index (κ2) is 8.20. The number of methoxy groups -OCH3 is 2. The summed E-state index contributed by atoms with van der Waals surface area (Å²) >= 11 is 3.46. The molecule has 0 fully saturated rings. The number of hydrogen-bond acceptors (Lipinski definition) is 3. The molecule has 1 atom stereocenters. The highest BCUT2D eigenvalue weighted by atomic mass is 79.9. The number of amides is 1. The molecule has 1 unspecified atom stereocenters. The third-order valence-corrected chi connectivity index (χ3v) is 4.79. The van der Waals surface area contributed by atoms with E-state index in [9.17, 15) is 4.79 Å². The Labute approximate surface area is 151 Å². The van der Waals surface area contributed by atoms with Crippen molar-refractivity contribution in [1.29, 1.82) is 0 Å². The first kappa shape index (κ1) is 18.3. The van der Waals surface area contributed by atoms with Crippen LogP contribution >= 0.6 is 15.9 Å². The van der Waals surface area contributed by atoms with E-state index in [0.717, 1.165) is 32.8 Å². The maximum Gasteiger partial charge on any atom is 0.224 e. The van der Waals surface area contributed by atoms with Gasteiger partial charge in [0.15, 0.2) is 0 Å². The Kier molecular flexibility index (Phi) is 6.26. The standard InChI is InChI=1S/C19H22BrNO3/c1-12(16-7-6-15(23-3)11-18(16)24-4)10-19(22)21-14-5-8-17(20)13(2)9-14/h5-9,11-12H,10H2,1-4H3,(H,21,22). The van der Waals surface area contributed by atoms with Crippen molar-refractivity contribution in [3.63, 3.8) is 0 Å². The summed E-state index contributed by atoms with van der Waals surface area (Å²) in [7, 11) is 3.24. The number of carbonyl (C=O) groups excluding carboxylic acids is 1. The molecule has 2 rings (SSSR count). The summed E-state index contributed by atoms with van der Waals surface area (Å²) in [6, 6.07) is 11.4. The average molecular weight is 392 g/mol. The third-order valence-electron chi connectivity index (χ3n) is 3.90. The fraction of sp³-hybridized carbons (Fsp3) is 0.316. The van der Waals surface area contributed by atoms with Crippen molar-refractivity contribution in [2.24, 2.45) is 0 Å². The number of aryl methyl sites for hydroxylation is 1. The van der Waals surface area contributed by atoms with E-state index in [1.807, 2.05) is 50.2 Å². The Hall–Kier alpha value is -2.01. The summed E-state index contributed by atoms with van der Waals surface area (Å²) in [6.07, 6.45) is 0.373. The first-order valence-corrected chi connectivity index (χ1v) is 8.51. The lowest BCUT2D eigenvalue weighted by atomic mass is 9.96. The number of nitrogens with one attached hydrogen (secondary N) is 1. The van der Waals surface area contributed by atoms with Gasteiger partial charge in [0, 0.05) is 22.6 Å². The van der Waals surface area contributed by atoms with E-state index in [1.54, 1.807) is 14.2 Å². The maximum atomic E-state index is 12.3. The molecule has 0 saturated carbocycles. The smallest absolute Gasteiger partial charge is 0.224 e. The second-order valence-corrected chi connectivity index (χ2v) is 6.58. The Morgan fingerprint density at radius 1 is 1.17 bits per heavy atom. The normalized spacial score (nSPS) is 11.7. The summed E-state index contributed by atoms with van der Waals surface area (Å²) < 4.78 is 11.7. The highest BCUT2D eigenvalue weighted by molar-refractivity contribution is 9.10. The summed E-state index contributed by atoms with van der Waals surface area (Å²) in [5.41, 5.74) is 2.87. The van der Waals surface area contributed by atoms with E-state index in [4.69, 9.17) is 9.47 Å². The number of carbonyl (C=O) groups is 1. The van der Waals surface area contributed by atoms with E-state index in [-0.39, 0.29) is 11.8 Å². The quantitative estimate of drug-likeness (QED) is 0.760. The number of halogens is 1. The lowest BCUT2D eigenvalue weighted by Crippen LogP contribution is -2.15. The topological polar surface area (TPSA) is 47.6 Å². The van der Waals surface area contributed by atoms with Crippen LogP contribution in [-0.4, -0.2) is 20.1 Å². The molecule has 0 radical (unpaired) electrons. The van der Waals surface area contributed by atoms with Crippen molar-refractivity contribution in [2.45, 2.75) is 26.2 Å². The molecule has 0 bridgehead atoms. The molecule has 0 aliphatic heterocycles. The molecule has 0 spiro atoms. The Morgan fingerprint density at radius 3 is 2.54 bits per heavy atom. The fourth-order valence-corrected chi connectivity index (χ4v) is 2.79. The van der Waals surface area contributed by atoms with Crippen LogP contribution in [0, 0.1) is 6.92 Å². The van der Waals surface area contributed by atoms with Crippen LogP contribution in [0.25, 0.3) is 0 Å². The van der Waals surface area contributed by atoms with Gasteiger partial charge in [-0.15, -0.1) is 0 Å². The maximum absolute atomic E-state index is 12.3. The van der Waals surface area contributed by atoms with Gasteiger partial charge in [0.1, 0.15) is 11.5 Å². The van der Waals surface area contributed by atoms with E-state index in [0.29, 0.717) is 6.42 Å². The molecule has 2 aromatic carbocycles. The zero-order valence-electron chi connectivity index (χ0n) is 14.4. The summed E-state index contributed by atoms with van der Waals surface area (Å²) in [5, 5.41) is 2.95. The minimum absolute atomic E-state index is 0.0258. The van der Waals surface area contributed by atoms with Gasteiger partial charge in [0.25, 0.3) is 0 Å². The molecule has 0 aromatic heterocycles. The van der Waals surface area contributed by atoms with Gasteiger partial charge in [-0.25, -0.2) is 0 Å². The molecule has 0 saturated heterocycles. The molecule has 4 nitrogen and oxygen atoms in total. The number of anilines is 1. The predicted octanol–water partition coefficient (Wildman–Crippen LogP) is 4.91. The first-order chi connectivity index (χ1) is 11.4. The van der Waals surface area contributed by atoms with Crippen LogP contribution in [0.4, 0.5) is 5.69 Å². The van der Waals surface area contributed by atoms with Gasteiger partial charge in [-0.2, -0.15) is 0 Å². The van der Waals surface area contributed by atoms with Crippen molar-refractivity contribution in [2.75, 3.05) is 19.5 Å². The highest BCUT2D eigenvalue weighted by Gasteiger charge is 2.16. The van der Waals surface area contributed by atoms with Crippen molar-refractivity contribution in [3.05, 3.63) is 52.0 Å². The van der Waals surface area contributed by atoms with Crippen LogP contribution in [0.3, 0.4) is 0 Å². The Morgan fingerprint density at radius 2 is 1.92 bits per heavy atom. The highest BCUT2D eigenvalue weighted by Crippen LogP contribution is 2.32. The molecule has 24 heavy (non-hydrogen) atoms. The Balaban J connectivity index is 2.07. The van der Waals surface area contributed by atoms with Crippen LogP contribution in [0.2, 0.25) is 0 Å². The minimum atomic E-state index is -0.0258. The summed E-state index contributed by atoms with van der Waals surface area (Å²) in [6.45, 7) is 4.00. The minimum Gasteiger partial charge on any atom is -0.497 e. The van der Waals surface area contributed by atoms with Crippen LogP contribution in [0.1, 0.15) is 30.4 Å². The molecule has 1 N–H and O–H groups in total. The SMILES string of the molecule is COc1ccc(C(C)CC(=O)Nc2ccc(Br)c(C)c2)c(OC)c1. The van der Waals surface area contributed by atoms with Crippen LogP contribution in [0.5, 0.6) is 11.5 Å². The molecule has 0 aliphatic rings. The van der Waals surface area contributed by atoms with Gasteiger partial charge in [-0.3, -0.25) is 4.79 Å². The van der Waals surface area contributed by atoms with Crippen LogP contribution in [-0.2, 0) is 4.79 Å². The average Bonchev–Trinajstić information content (AvgIpc) is 2.57. The van der Waals surface area contributed by atoms with Gasteiger partial charge in [-0.1, -0.05) is 28.9 Å². The van der Waals surface area contributed by atoms with Crippen molar-refractivity contribution >= 4 is 27.5 Å². The van der Waals surface area contributed by atoms with Crippen LogP contribution < -0.4 is 14.8 Å². The third kappa shape index (κ3) is 4.51. The van der Waals surface area contributed by atoms with Gasteiger partial charge >= 0.3 is 0 Å².